The number of esters is 2. The van der Waals surface area contributed by atoms with Crippen LogP contribution in [0.5, 0.6) is 5.75 Å². The van der Waals surface area contributed by atoms with E-state index in [-0.39, 0.29) is 28.6 Å². The predicted molar refractivity (Wildman–Crippen MR) is 112 cm³/mol. The SMILES string of the molecule is O=C1OC(c2cccc(F)c2)=N/C1=C/c1ccc(OC(=O)c2ccc([N+](=O)[O-])cc2)cc1. The number of carbonyl (C=O) groups is 2. The molecule has 1 aliphatic rings. The lowest BCUT2D eigenvalue weighted by Crippen LogP contribution is -2.08. The molecule has 158 valence electrons. The van der Waals surface area contributed by atoms with Gasteiger partial charge in [0.25, 0.3) is 5.69 Å². The highest BCUT2D eigenvalue weighted by atomic mass is 19.1. The number of nitro groups is 1. The molecule has 0 spiro atoms. The van der Waals surface area contributed by atoms with Crippen molar-refractivity contribution in [2.24, 2.45) is 4.99 Å². The summed E-state index contributed by atoms with van der Waals surface area (Å²) in [6.45, 7) is 0. The lowest BCUT2D eigenvalue weighted by Gasteiger charge is -2.04. The van der Waals surface area contributed by atoms with E-state index in [1.807, 2.05) is 0 Å². The van der Waals surface area contributed by atoms with Crippen LogP contribution < -0.4 is 4.74 Å². The maximum absolute atomic E-state index is 13.4. The van der Waals surface area contributed by atoms with Crippen LogP contribution >= 0.6 is 0 Å². The first-order valence-electron chi connectivity index (χ1n) is 9.24. The van der Waals surface area contributed by atoms with Gasteiger partial charge in [-0.25, -0.2) is 19.0 Å². The summed E-state index contributed by atoms with van der Waals surface area (Å²) in [5.74, 6) is -1.56. The zero-order valence-corrected chi connectivity index (χ0v) is 16.2. The van der Waals surface area contributed by atoms with Crippen molar-refractivity contribution in [1.82, 2.24) is 0 Å². The number of benzene rings is 3. The minimum atomic E-state index is -0.672. The van der Waals surface area contributed by atoms with Gasteiger partial charge in [0.05, 0.1) is 10.5 Å². The molecule has 1 aliphatic heterocycles. The maximum atomic E-state index is 13.4. The van der Waals surface area contributed by atoms with E-state index in [9.17, 15) is 24.1 Å². The van der Waals surface area contributed by atoms with Crippen molar-refractivity contribution in [3.05, 3.63) is 111 Å². The van der Waals surface area contributed by atoms with Gasteiger partial charge in [0.1, 0.15) is 11.6 Å². The molecule has 0 fully saturated rings. The normalized spacial score (nSPS) is 14.1. The molecule has 0 N–H and O–H groups in total. The van der Waals surface area contributed by atoms with Gasteiger partial charge in [-0.05, 0) is 54.1 Å². The minimum Gasteiger partial charge on any atom is -0.423 e. The van der Waals surface area contributed by atoms with E-state index in [1.165, 1.54) is 60.7 Å². The number of nitrogens with zero attached hydrogens (tertiary/aromatic N) is 2. The van der Waals surface area contributed by atoms with Gasteiger partial charge in [0.15, 0.2) is 5.70 Å². The molecule has 0 aromatic heterocycles. The van der Waals surface area contributed by atoms with Gasteiger partial charge in [-0.2, -0.15) is 0 Å². The molecule has 0 saturated carbocycles. The van der Waals surface area contributed by atoms with Crippen molar-refractivity contribution >= 4 is 29.6 Å². The van der Waals surface area contributed by atoms with E-state index < -0.39 is 22.7 Å². The quantitative estimate of drug-likeness (QED) is 0.196. The smallest absolute Gasteiger partial charge is 0.363 e. The van der Waals surface area contributed by atoms with E-state index in [0.29, 0.717) is 11.1 Å². The Balaban J connectivity index is 1.46. The summed E-state index contributed by atoms with van der Waals surface area (Å²) in [7, 11) is 0. The zero-order valence-electron chi connectivity index (χ0n) is 16.2. The van der Waals surface area contributed by atoms with Crippen LogP contribution in [0, 0.1) is 15.9 Å². The summed E-state index contributed by atoms with van der Waals surface area (Å²) < 4.78 is 23.7. The van der Waals surface area contributed by atoms with E-state index in [4.69, 9.17) is 9.47 Å². The van der Waals surface area contributed by atoms with Crippen LogP contribution in [0.4, 0.5) is 10.1 Å². The van der Waals surface area contributed by atoms with Gasteiger partial charge in [-0.15, -0.1) is 0 Å². The largest absolute Gasteiger partial charge is 0.423 e. The number of aliphatic imine (C=N–C) groups is 1. The van der Waals surface area contributed by atoms with Crippen LogP contribution in [0.3, 0.4) is 0 Å². The van der Waals surface area contributed by atoms with Crippen LogP contribution in [-0.2, 0) is 9.53 Å². The highest BCUT2D eigenvalue weighted by Gasteiger charge is 2.24. The summed E-state index contributed by atoms with van der Waals surface area (Å²) in [4.78, 5) is 38.5. The lowest BCUT2D eigenvalue weighted by atomic mass is 10.2. The van der Waals surface area contributed by atoms with Crippen molar-refractivity contribution in [2.45, 2.75) is 0 Å². The van der Waals surface area contributed by atoms with Crippen LogP contribution in [0.15, 0.2) is 83.5 Å². The second-order valence-electron chi connectivity index (χ2n) is 6.61. The van der Waals surface area contributed by atoms with Crippen LogP contribution in [0.25, 0.3) is 6.08 Å². The van der Waals surface area contributed by atoms with Gasteiger partial charge in [0.2, 0.25) is 5.90 Å². The molecule has 0 atom stereocenters. The van der Waals surface area contributed by atoms with Gasteiger partial charge in [-0.3, -0.25) is 10.1 Å². The third-order valence-corrected chi connectivity index (χ3v) is 4.40. The number of carbonyl (C=O) groups excluding carboxylic acids is 2. The molecule has 9 heteroatoms. The number of rotatable bonds is 5. The van der Waals surface area contributed by atoms with Crippen LogP contribution in [-0.4, -0.2) is 22.8 Å². The predicted octanol–water partition coefficient (Wildman–Crippen LogP) is 4.30. The highest BCUT2D eigenvalue weighted by Crippen LogP contribution is 2.22. The number of nitro benzene ring substituents is 1. The fourth-order valence-corrected chi connectivity index (χ4v) is 2.83. The van der Waals surface area contributed by atoms with E-state index in [0.717, 1.165) is 0 Å². The lowest BCUT2D eigenvalue weighted by molar-refractivity contribution is -0.384. The molecule has 0 radical (unpaired) electrons. The van der Waals surface area contributed by atoms with Crippen LogP contribution in [0.2, 0.25) is 0 Å². The Bertz CT molecular complexity index is 1280. The highest BCUT2D eigenvalue weighted by molar-refractivity contribution is 6.12. The number of hydrogen-bond acceptors (Lipinski definition) is 7. The van der Waals surface area contributed by atoms with E-state index in [2.05, 4.69) is 4.99 Å². The second-order valence-corrected chi connectivity index (χ2v) is 6.61. The molecule has 0 aliphatic carbocycles. The van der Waals surface area contributed by atoms with Crippen LogP contribution in [0.1, 0.15) is 21.5 Å². The molecule has 0 saturated heterocycles. The van der Waals surface area contributed by atoms with E-state index >= 15 is 0 Å². The maximum Gasteiger partial charge on any atom is 0.363 e. The summed E-state index contributed by atoms with van der Waals surface area (Å²) >= 11 is 0. The Morgan fingerprint density at radius 1 is 1.06 bits per heavy atom. The molecular weight excluding hydrogens is 419 g/mol. The van der Waals surface area contributed by atoms with Crippen molar-refractivity contribution in [3.8, 4) is 5.75 Å². The molecule has 3 aromatic rings. The van der Waals surface area contributed by atoms with Crippen molar-refractivity contribution < 1.29 is 28.4 Å². The first-order chi connectivity index (χ1) is 15.4. The average molecular weight is 432 g/mol. The Morgan fingerprint density at radius 3 is 2.44 bits per heavy atom. The summed E-state index contributed by atoms with van der Waals surface area (Å²) in [5, 5.41) is 10.7. The Labute approximate surface area is 180 Å². The Kier molecular flexibility index (Phi) is 5.54. The number of cyclic esters (lactones) is 1. The minimum absolute atomic E-state index is 0.00870. The molecule has 32 heavy (non-hydrogen) atoms. The fraction of sp³-hybridized carbons (Fsp3) is 0. The summed E-state index contributed by atoms with van der Waals surface area (Å²) in [6, 6.07) is 16.8. The fourth-order valence-electron chi connectivity index (χ4n) is 2.83. The monoisotopic (exact) mass is 432 g/mol. The number of halogens is 1. The van der Waals surface area contributed by atoms with Gasteiger partial charge in [0, 0.05) is 17.7 Å². The third-order valence-electron chi connectivity index (χ3n) is 4.40. The number of hydrogen-bond donors (Lipinski definition) is 0. The standard InChI is InChI=1S/C23H13FN2O6/c24-17-3-1-2-16(13-17)21-25-20(23(28)32-21)12-14-4-10-19(11-5-14)31-22(27)15-6-8-18(9-7-15)26(29)30/h1-13H/b20-12+. The third kappa shape index (κ3) is 4.57. The van der Waals surface area contributed by atoms with Crippen molar-refractivity contribution in [1.29, 1.82) is 0 Å². The average Bonchev–Trinajstić information content (AvgIpc) is 3.15. The molecular formula is C23H13FN2O6. The van der Waals surface area contributed by atoms with Gasteiger partial charge >= 0.3 is 11.9 Å². The Hall–Kier alpha value is -4.66. The van der Waals surface area contributed by atoms with Crippen molar-refractivity contribution in [2.75, 3.05) is 0 Å². The topological polar surface area (TPSA) is 108 Å². The number of ether oxygens (including phenoxy) is 2. The first-order valence-corrected chi connectivity index (χ1v) is 9.24. The molecule has 0 unspecified atom stereocenters. The van der Waals surface area contributed by atoms with Gasteiger partial charge in [-0.1, -0.05) is 18.2 Å². The van der Waals surface area contributed by atoms with Crippen molar-refractivity contribution in [3.63, 3.8) is 0 Å². The molecule has 8 nitrogen and oxygen atoms in total. The second kappa shape index (κ2) is 8.60. The summed E-state index contributed by atoms with van der Waals surface area (Å²) in [5.41, 5.74) is 1.01. The van der Waals surface area contributed by atoms with E-state index in [1.54, 1.807) is 18.2 Å². The van der Waals surface area contributed by atoms with Gasteiger partial charge < -0.3 is 9.47 Å². The molecule has 3 aromatic carbocycles. The molecule has 4 rings (SSSR count). The Morgan fingerprint density at radius 2 is 1.78 bits per heavy atom. The molecule has 0 bridgehead atoms. The molecule has 1 heterocycles. The number of non-ortho nitro benzene ring substituents is 1. The first kappa shape index (κ1) is 20.6. The summed E-state index contributed by atoms with van der Waals surface area (Å²) in [6.07, 6.45) is 1.48. The molecule has 0 amide bonds. The zero-order chi connectivity index (χ0) is 22.7.